The predicted molar refractivity (Wildman–Crippen MR) is 118 cm³/mol. The van der Waals surface area contributed by atoms with E-state index in [1.54, 1.807) is 36.4 Å². The molecule has 1 fully saturated rings. The van der Waals surface area contributed by atoms with E-state index in [-0.39, 0.29) is 23.4 Å². The number of hydrogen-bond donors (Lipinski definition) is 1. The van der Waals surface area contributed by atoms with Crippen molar-refractivity contribution in [3.05, 3.63) is 105 Å². The summed E-state index contributed by atoms with van der Waals surface area (Å²) in [6.07, 6.45) is 3.06. The summed E-state index contributed by atoms with van der Waals surface area (Å²) in [6.45, 7) is 0.0681. The summed E-state index contributed by atoms with van der Waals surface area (Å²) in [7, 11) is 1.52. The van der Waals surface area contributed by atoms with Crippen molar-refractivity contribution in [1.29, 1.82) is 0 Å². The number of ether oxygens (including phenoxy) is 1. The Morgan fingerprint density at radius 2 is 1.76 bits per heavy atom. The highest BCUT2D eigenvalue weighted by Gasteiger charge is 2.46. The van der Waals surface area contributed by atoms with Gasteiger partial charge in [0.1, 0.15) is 11.5 Å². The Morgan fingerprint density at radius 1 is 1.09 bits per heavy atom. The SMILES string of the molecule is COc1ccccc1CN1C(=O)C(=O)/C(=C(\O)c2ccc([N+](=O)[O-])cc2)C1c1ccncc1. The van der Waals surface area contributed by atoms with Gasteiger partial charge in [0.05, 0.1) is 30.2 Å². The number of nitrogens with zero attached hydrogens (tertiary/aromatic N) is 3. The third-order valence-corrected chi connectivity index (χ3v) is 5.45. The number of amides is 1. The van der Waals surface area contributed by atoms with Crippen molar-refractivity contribution in [3.8, 4) is 5.75 Å². The lowest BCUT2D eigenvalue weighted by molar-refractivity contribution is -0.384. The van der Waals surface area contributed by atoms with E-state index in [2.05, 4.69) is 4.98 Å². The Kier molecular flexibility index (Phi) is 5.86. The highest BCUT2D eigenvalue weighted by Crippen LogP contribution is 2.40. The van der Waals surface area contributed by atoms with Crippen molar-refractivity contribution in [3.63, 3.8) is 0 Å². The first-order chi connectivity index (χ1) is 15.9. The Balaban J connectivity index is 1.84. The minimum Gasteiger partial charge on any atom is -0.507 e. The van der Waals surface area contributed by atoms with Gasteiger partial charge in [-0.05, 0) is 35.9 Å². The lowest BCUT2D eigenvalue weighted by Gasteiger charge is -2.26. The number of carbonyl (C=O) groups excluding carboxylic acids is 2. The number of nitro benzene ring substituents is 1. The summed E-state index contributed by atoms with van der Waals surface area (Å²) < 4.78 is 5.38. The summed E-state index contributed by atoms with van der Waals surface area (Å²) >= 11 is 0. The van der Waals surface area contributed by atoms with Crippen LogP contribution in [0.2, 0.25) is 0 Å². The number of pyridine rings is 1. The van der Waals surface area contributed by atoms with Crippen molar-refractivity contribution in [2.45, 2.75) is 12.6 Å². The van der Waals surface area contributed by atoms with Crippen LogP contribution in [-0.4, -0.2) is 38.7 Å². The molecule has 4 rings (SSSR count). The summed E-state index contributed by atoms with van der Waals surface area (Å²) in [5, 5.41) is 22.0. The fourth-order valence-electron chi connectivity index (χ4n) is 3.85. The number of benzene rings is 2. The zero-order valence-corrected chi connectivity index (χ0v) is 17.5. The number of ketones is 1. The van der Waals surface area contributed by atoms with E-state index >= 15 is 0 Å². The molecule has 1 aliphatic heterocycles. The summed E-state index contributed by atoms with van der Waals surface area (Å²) in [6, 6.07) is 14.7. The van der Waals surface area contributed by atoms with Gasteiger partial charge in [0, 0.05) is 35.7 Å². The molecule has 1 aliphatic rings. The summed E-state index contributed by atoms with van der Waals surface area (Å²) in [5.41, 5.74) is 1.21. The number of rotatable bonds is 6. The molecule has 9 heteroatoms. The zero-order valence-electron chi connectivity index (χ0n) is 17.5. The van der Waals surface area contributed by atoms with Crippen LogP contribution in [0, 0.1) is 10.1 Å². The number of non-ortho nitro benzene ring substituents is 1. The number of para-hydroxylation sites is 1. The topological polar surface area (TPSA) is 123 Å². The van der Waals surface area contributed by atoms with Gasteiger partial charge in [-0.3, -0.25) is 24.7 Å². The molecule has 1 N–H and O–H groups in total. The molecule has 0 aliphatic carbocycles. The van der Waals surface area contributed by atoms with Crippen LogP contribution in [0.1, 0.15) is 22.7 Å². The number of hydrogen-bond acceptors (Lipinski definition) is 7. The predicted octanol–water partition coefficient (Wildman–Crippen LogP) is 3.62. The quantitative estimate of drug-likeness (QED) is 0.202. The molecule has 33 heavy (non-hydrogen) atoms. The first-order valence-electron chi connectivity index (χ1n) is 9.97. The summed E-state index contributed by atoms with van der Waals surface area (Å²) in [4.78, 5) is 41.9. The molecule has 166 valence electrons. The smallest absolute Gasteiger partial charge is 0.295 e. The molecule has 9 nitrogen and oxygen atoms in total. The Hall–Kier alpha value is -4.53. The molecule has 0 spiro atoms. The molecule has 0 bridgehead atoms. The van der Waals surface area contributed by atoms with Gasteiger partial charge in [-0.2, -0.15) is 0 Å². The second-order valence-electron chi connectivity index (χ2n) is 7.32. The average molecular weight is 445 g/mol. The van der Waals surface area contributed by atoms with Gasteiger partial charge in [0.25, 0.3) is 17.4 Å². The highest BCUT2D eigenvalue weighted by molar-refractivity contribution is 6.46. The van der Waals surface area contributed by atoms with Crippen LogP contribution in [0.3, 0.4) is 0 Å². The molecule has 2 aromatic carbocycles. The fourth-order valence-corrected chi connectivity index (χ4v) is 3.85. The van der Waals surface area contributed by atoms with E-state index in [0.29, 0.717) is 16.9 Å². The number of Topliss-reactive ketones (excluding diaryl/α,β-unsaturated/α-hetero) is 1. The third-order valence-electron chi connectivity index (χ3n) is 5.45. The van der Waals surface area contributed by atoms with Gasteiger partial charge in [0.15, 0.2) is 0 Å². The van der Waals surface area contributed by atoms with Crippen molar-refractivity contribution in [2.24, 2.45) is 0 Å². The van der Waals surface area contributed by atoms with Crippen LogP contribution in [0.15, 0.2) is 78.6 Å². The van der Waals surface area contributed by atoms with Gasteiger partial charge in [-0.25, -0.2) is 0 Å². The van der Waals surface area contributed by atoms with Crippen LogP contribution in [0.5, 0.6) is 5.75 Å². The number of methoxy groups -OCH3 is 1. The fraction of sp³-hybridized carbons (Fsp3) is 0.125. The summed E-state index contributed by atoms with van der Waals surface area (Å²) in [5.74, 6) is -1.47. The Morgan fingerprint density at radius 3 is 2.39 bits per heavy atom. The average Bonchev–Trinajstić information content (AvgIpc) is 3.09. The van der Waals surface area contributed by atoms with E-state index in [1.807, 2.05) is 0 Å². The van der Waals surface area contributed by atoms with Gasteiger partial charge in [0.2, 0.25) is 0 Å². The van der Waals surface area contributed by atoms with Gasteiger partial charge >= 0.3 is 0 Å². The minimum absolute atomic E-state index is 0.0681. The number of likely N-dealkylation sites (tertiary alicyclic amines) is 1. The minimum atomic E-state index is -0.881. The second-order valence-corrected chi connectivity index (χ2v) is 7.32. The first kappa shape index (κ1) is 21.7. The number of aromatic nitrogens is 1. The van der Waals surface area contributed by atoms with Crippen LogP contribution in [0.4, 0.5) is 5.69 Å². The molecule has 1 unspecified atom stereocenters. The number of carbonyl (C=O) groups is 2. The van der Waals surface area contributed by atoms with E-state index < -0.39 is 28.4 Å². The lowest BCUT2D eigenvalue weighted by atomic mass is 9.95. The Labute approximate surface area is 188 Å². The van der Waals surface area contributed by atoms with E-state index in [4.69, 9.17) is 4.74 Å². The van der Waals surface area contributed by atoms with Gasteiger partial charge < -0.3 is 14.7 Å². The maximum absolute atomic E-state index is 13.1. The van der Waals surface area contributed by atoms with E-state index in [9.17, 15) is 24.8 Å². The monoisotopic (exact) mass is 445 g/mol. The molecule has 1 aromatic heterocycles. The van der Waals surface area contributed by atoms with Crippen molar-refractivity contribution < 1.29 is 24.4 Å². The molecule has 2 heterocycles. The lowest BCUT2D eigenvalue weighted by Crippen LogP contribution is -2.29. The largest absolute Gasteiger partial charge is 0.507 e. The van der Waals surface area contributed by atoms with Crippen molar-refractivity contribution in [1.82, 2.24) is 9.88 Å². The zero-order chi connectivity index (χ0) is 23.5. The van der Waals surface area contributed by atoms with Crippen LogP contribution >= 0.6 is 0 Å². The van der Waals surface area contributed by atoms with Crippen LogP contribution in [0.25, 0.3) is 5.76 Å². The van der Waals surface area contributed by atoms with Crippen molar-refractivity contribution in [2.75, 3.05) is 7.11 Å². The normalized spacial score (nSPS) is 17.2. The van der Waals surface area contributed by atoms with Gasteiger partial charge in [-0.1, -0.05) is 18.2 Å². The standard InChI is InChI=1S/C24H19N3O6/c1-33-19-5-3-2-4-17(19)14-26-21(15-10-12-25-13-11-15)20(23(29)24(26)30)22(28)16-6-8-18(9-7-16)27(31)32/h2-13,21,28H,14H2,1H3/b22-20-. The molecule has 1 saturated heterocycles. The molecule has 3 aromatic rings. The number of aliphatic hydroxyl groups is 1. The highest BCUT2D eigenvalue weighted by atomic mass is 16.6. The second kappa shape index (κ2) is 8.91. The molecular weight excluding hydrogens is 426 g/mol. The molecular formula is C24H19N3O6. The maximum atomic E-state index is 13.1. The van der Waals surface area contributed by atoms with E-state index in [0.717, 1.165) is 0 Å². The Bertz CT molecular complexity index is 1250. The van der Waals surface area contributed by atoms with Crippen LogP contribution in [-0.2, 0) is 16.1 Å². The van der Waals surface area contributed by atoms with Crippen molar-refractivity contribution >= 4 is 23.1 Å². The third kappa shape index (κ3) is 4.03. The van der Waals surface area contributed by atoms with E-state index in [1.165, 1.54) is 48.7 Å². The van der Waals surface area contributed by atoms with Gasteiger partial charge in [-0.15, -0.1) is 0 Å². The molecule has 0 saturated carbocycles. The molecule has 1 atom stereocenters. The maximum Gasteiger partial charge on any atom is 0.295 e. The number of nitro groups is 1. The molecule has 0 radical (unpaired) electrons. The number of aliphatic hydroxyl groups excluding tert-OH is 1. The van der Waals surface area contributed by atoms with Crippen LogP contribution < -0.4 is 4.74 Å². The first-order valence-corrected chi connectivity index (χ1v) is 9.97. The molecule has 1 amide bonds.